The van der Waals surface area contributed by atoms with Crippen molar-refractivity contribution in [3.8, 4) is 0 Å². The molecule has 3 N–H and O–H groups in total. The lowest BCUT2D eigenvalue weighted by Gasteiger charge is -2.35. The highest BCUT2D eigenvalue weighted by atomic mass is 35.5. The van der Waals surface area contributed by atoms with E-state index in [0.717, 1.165) is 16.8 Å². The Balaban J connectivity index is 1.23. The van der Waals surface area contributed by atoms with E-state index in [1.165, 1.54) is 0 Å². The summed E-state index contributed by atoms with van der Waals surface area (Å²) in [6.07, 6.45) is 0.655. The maximum absolute atomic E-state index is 13.0. The molecule has 8 heteroatoms. The van der Waals surface area contributed by atoms with Gasteiger partial charge >= 0.3 is 0 Å². The lowest BCUT2D eigenvalue weighted by molar-refractivity contribution is -0.135. The zero-order valence-electron chi connectivity index (χ0n) is 17.6. The lowest BCUT2D eigenvalue weighted by atomic mass is 10.0. The van der Waals surface area contributed by atoms with E-state index >= 15 is 0 Å². The normalized spacial score (nSPS) is 21.8. The smallest absolute Gasteiger partial charge is 0.241 e. The zero-order valence-corrected chi connectivity index (χ0v) is 18.4. The van der Waals surface area contributed by atoms with Crippen molar-refractivity contribution >= 4 is 29.1 Å². The molecule has 0 radical (unpaired) electrons. The Hall–Kier alpha value is -2.45. The molecule has 2 amide bonds. The predicted octanol–water partition coefficient (Wildman–Crippen LogP) is 2.34. The highest BCUT2D eigenvalue weighted by Gasteiger charge is 2.34. The molecule has 4 rings (SSSR count). The van der Waals surface area contributed by atoms with E-state index in [9.17, 15) is 9.59 Å². The van der Waals surface area contributed by atoms with Crippen LogP contribution >= 0.6 is 11.6 Å². The molecule has 0 bridgehead atoms. The molecule has 2 fully saturated rings. The Morgan fingerprint density at radius 1 is 1.03 bits per heavy atom. The van der Waals surface area contributed by atoms with Crippen molar-refractivity contribution in [2.24, 2.45) is 0 Å². The summed E-state index contributed by atoms with van der Waals surface area (Å²) in [7, 11) is 0. The second kappa shape index (κ2) is 9.78. The number of hydrogen-bond acceptors (Lipinski definition) is 5. The molecule has 0 aliphatic carbocycles. The molecule has 31 heavy (non-hydrogen) atoms. The van der Waals surface area contributed by atoms with Crippen LogP contribution < -0.4 is 16.2 Å². The lowest BCUT2D eigenvalue weighted by Crippen LogP contribution is -2.54. The number of nitrogens with zero attached hydrogens (tertiary/aromatic N) is 2. The van der Waals surface area contributed by atoms with E-state index in [2.05, 4.69) is 21.1 Å². The number of hydrazine groups is 1. The number of nitrogens with one attached hydrogen (secondary N) is 3. The van der Waals surface area contributed by atoms with Gasteiger partial charge in [-0.25, -0.2) is 10.9 Å². The maximum atomic E-state index is 13.0. The van der Waals surface area contributed by atoms with Gasteiger partial charge in [0.05, 0.1) is 6.54 Å². The molecule has 2 aliphatic rings. The summed E-state index contributed by atoms with van der Waals surface area (Å²) in [6.45, 7) is 4.94. The average molecular weight is 442 g/mol. The maximum Gasteiger partial charge on any atom is 0.241 e. The molecule has 2 atom stereocenters. The van der Waals surface area contributed by atoms with E-state index in [1.807, 2.05) is 60.4 Å². The van der Waals surface area contributed by atoms with Crippen molar-refractivity contribution in [3.63, 3.8) is 0 Å². The molecule has 0 saturated carbocycles. The summed E-state index contributed by atoms with van der Waals surface area (Å²) < 4.78 is 0. The monoisotopic (exact) mass is 441 g/mol. The number of piperazine rings is 1. The third kappa shape index (κ3) is 5.43. The van der Waals surface area contributed by atoms with Gasteiger partial charge in [0.2, 0.25) is 11.8 Å². The molecule has 0 spiro atoms. The van der Waals surface area contributed by atoms with Gasteiger partial charge in [-0.2, -0.15) is 0 Å². The van der Waals surface area contributed by atoms with Crippen LogP contribution in [0.1, 0.15) is 23.6 Å². The second-order valence-electron chi connectivity index (χ2n) is 8.17. The number of anilines is 1. The van der Waals surface area contributed by atoms with Crippen LogP contribution in [-0.4, -0.2) is 60.4 Å². The van der Waals surface area contributed by atoms with Crippen molar-refractivity contribution in [1.29, 1.82) is 0 Å². The van der Waals surface area contributed by atoms with Crippen molar-refractivity contribution in [2.45, 2.75) is 25.4 Å². The first-order valence-corrected chi connectivity index (χ1v) is 11.0. The Morgan fingerprint density at radius 3 is 2.45 bits per heavy atom. The van der Waals surface area contributed by atoms with Crippen LogP contribution in [0.4, 0.5) is 5.69 Å². The van der Waals surface area contributed by atoms with E-state index in [1.54, 1.807) is 0 Å². The molecule has 2 aromatic rings. The second-order valence-corrected chi connectivity index (χ2v) is 8.57. The van der Waals surface area contributed by atoms with Crippen molar-refractivity contribution < 1.29 is 9.59 Å². The molecule has 2 unspecified atom stereocenters. The number of hydrogen-bond donors (Lipinski definition) is 3. The van der Waals surface area contributed by atoms with Gasteiger partial charge < -0.3 is 10.2 Å². The summed E-state index contributed by atoms with van der Waals surface area (Å²) in [5.74, 6) is 0.0543. The number of aryl methyl sites for hydroxylation is 1. The van der Waals surface area contributed by atoms with Gasteiger partial charge in [0.25, 0.3) is 0 Å². The average Bonchev–Trinajstić information content (AvgIpc) is 3.26. The van der Waals surface area contributed by atoms with E-state index in [4.69, 9.17) is 11.6 Å². The molecule has 164 valence electrons. The van der Waals surface area contributed by atoms with Crippen LogP contribution in [0.25, 0.3) is 0 Å². The van der Waals surface area contributed by atoms with Gasteiger partial charge in [0.1, 0.15) is 6.04 Å². The number of carbonyl (C=O) groups is 2. The predicted molar refractivity (Wildman–Crippen MR) is 122 cm³/mol. The largest absolute Gasteiger partial charge is 0.339 e. The van der Waals surface area contributed by atoms with Gasteiger partial charge in [-0.05, 0) is 37.1 Å². The first-order valence-electron chi connectivity index (χ1n) is 10.6. The molecular weight excluding hydrogens is 414 g/mol. The first-order chi connectivity index (χ1) is 15.0. The number of benzene rings is 2. The van der Waals surface area contributed by atoms with E-state index in [-0.39, 0.29) is 23.9 Å². The summed E-state index contributed by atoms with van der Waals surface area (Å²) in [6, 6.07) is 15.2. The fourth-order valence-corrected chi connectivity index (χ4v) is 4.33. The fraction of sp³-hybridized carbons (Fsp3) is 0.391. The van der Waals surface area contributed by atoms with Crippen LogP contribution in [-0.2, 0) is 9.59 Å². The van der Waals surface area contributed by atoms with E-state index in [0.29, 0.717) is 44.2 Å². The standard InChI is InChI=1S/C23H28ClN5O2/c1-16-6-8-17(9-7-16)25-22(30)15-28-10-12-29(13-11-28)23(31)21-14-20(26-27-21)18-4-2-3-5-19(18)24/h2-9,20-21,26-27H,10-15H2,1H3,(H,25,30). The Kier molecular flexibility index (Phi) is 6.87. The SMILES string of the molecule is Cc1ccc(NC(=O)CN2CCN(C(=O)C3CC(c4ccccc4Cl)NN3)CC2)cc1. The van der Waals surface area contributed by atoms with Crippen LogP contribution in [0.15, 0.2) is 48.5 Å². The van der Waals surface area contributed by atoms with E-state index < -0.39 is 0 Å². The van der Waals surface area contributed by atoms with Crippen molar-refractivity contribution in [2.75, 3.05) is 38.0 Å². The van der Waals surface area contributed by atoms with Crippen LogP contribution in [0, 0.1) is 6.92 Å². The summed E-state index contributed by atoms with van der Waals surface area (Å²) in [4.78, 5) is 29.2. The molecule has 2 saturated heterocycles. The topological polar surface area (TPSA) is 76.7 Å². The Morgan fingerprint density at radius 2 is 1.74 bits per heavy atom. The molecule has 2 heterocycles. The Bertz CT molecular complexity index is 928. The Labute approximate surface area is 187 Å². The number of rotatable bonds is 5. The van der Waals surface area contributed by atoms with Gasteiger partial charge in [-0.1, -0.05) is 47.5 Å². The van der Waals surface area contributed by atoms with Crippen LogP contribution in [0.3, 0.4) is 0 Å². The van der Waals surface area contributed by atoms with Gasteiger partial charge in [-0.15, -0.1) is 0 Å². The number of amides is 2. The first kappa shape index (κ1) is 21.8. The van der Waals surface area contributed by atoms with Crippen molar-refractivity contribution in [1.82, 2.24) is 20.7 Å². The van der Waals surface area contributed by atoms with Gasteiger partial charge in [0.15, 0.2) is 0 Å². The molecule has 7 nitrogen and oxygen atoms in total. The third-order valence-corrected chi connectivity index (χ3v) is 6.21. The highest BCUT2D eigenvalue weighted by Crippen LogP contribution is 2.28. The minimum atomic E-state index is -0.280. The van der Waals surface area contributed by atoms with Gasteiger partial charge in [0, 0.05) is 42.9 Å². The quantitative estimate of drug-likeness (QED) is 0.664. The minimum Gasteiger partial charge on any atom is -0.339 e. The molecule has 0 aromatic heterocycles. The minimum absolute atomic E-state index is 0.00871. The van der Waals surface area contributed by atoms with Crippen LogP contribution in [0.2, 0.25) is 5.02 Å². The fourth-order valence-electron chi connectivity index (χ4n) is 4.07. The number of carbonyl (C=O) groups excluding carboxylic acids is 2. The molecular formula is C23H28ClN5O2. The molecule has 2 aromatic carbocycles. The summed E-state index contributed by atoms with van der Waals surface area (Å²) in [5.41, 5.74) is 9.28. The van der Waals surface area contributed by atoms with Crippen LogP contribution in [0.5, 0.6) is 0 Å². The zero-order chi connectivity index (χ0) is 21.8. The number of halogens is 1. The molecule has 2 aliphatic heterocycles. The third-order valence-electron chi connectivity index (χ3n) is 5.87. The highest BCUT2D eigenvalue weighted by molar-refractivity contribution is 6.31. The van der Waals surface area contributed by atoms with Crippen molar-refractivity contribution in [3.05, 3.63) is 64.7 Å². The van der Waals surface area contributed by atoms with Gasteiger partial charge in [-0.3, -0.25) is 14.5 Å². The summed E-state index contributed by atoms with van der Waals surface area (Å²) >= 11 is 6.29. The summed E-state index contributed by atoms with van der Waals surface area (Å²) in [5, 5.41) is 3.63.